The van der Waals surface area contributed by atoms with Gasteiger partial charge in [-0.1, -0.05) is 6.92 Å². The van der Waals surface area contributed by atoms with Gasteiger partial charge in [0.05, 0.1) is 0 Å². The fourth-order valence-electron chi connectivity index (χ4n) is 1.23. The van der Waals surface area contributed by atoms with Crippen molar-refractivity contribution in [1.29, 1.82) is 0 Å². The average molecular weight is 199 g/mol. The molecule has 0 saturated carbocycles. The summed E-state index contributed by atoms with van der Waals surface area (Å²) in [5, 5.41) is 15.0. The van der Waals surface area contributed by atoms with Crippen LogP contribution in [0.3, 0.4) is 0 Å². The molecule has 1 heterocycles. The Bertz CT molecular complexity index is 247. The lowest BCUT2D eigenvalue weighted by atomic mass is 10.2. The number of aliphatic hydroxyl groups excluding tert-OH is 1. The molecule has 0 aliphatic carbocycles. The van der Waals surface area contributed by atoms with E-state index in [0.29, 0.717) is 6.54 Å². The molecule has 0 bridgehead atoms. The Kier molecular flexibility index (Phi) is 4.42. The van der Waals surface area contributed by atoms with Crippen LogP contribution < -0.4 is 5.32 Å². The van der Waals surface area contributed by atoms with Crippen LogP contribution in [-0.2, 0) is 0 Å². The monoisotopic (exact) mass is 199 g/mol. The van der Waals surface area contributed by atoms with E-state index in [1.165, 1.54) is 5.56 Å². The highest BCUT2D eigenvalue weighted by Crippen LogP contribution is 2.22. The van der Waals surface area contributed by atoms with Crippen LogP contribution in [0.4, 0.5) is 0 Å². The van der Waals surface area contributed by atoms with Crippen molar-refractivity contribution < 1.29 is 5.11 Å². The smallest absolute Gasteiger partial charge is 0.101 e. The number of hydrogen-bond acceptors (Lipinski definition) is 3. The lowest BCUT2D eigenvalue weighted by Crippen LogP contribution is -2.21. The lowest BCUT2D eigenvalue weighted by molar-refractivity contribution is 0.178. The van der Waals surface area contributed by atoms with Crippen molar-refractivity contribution in [3.63, 3.8) is 0 Å². The lowest BCUT2D eigenvalue weighted by Gasteiger charge is -2.10. The number of aliphatic hydroxyl groups is 1. The van der Waals surface area contributed by atoms with E-state index in [0.717, 1.165) is 17.8 Å². The molecule has 0 spiro atoms. The molecule has 1 rings (SSSR count). The van der Waals surface area contributed by atoms with Crippen molar-refractivity contribution in [2.45, 2.75) is 26.4 Å². The molecule has 0 fully saturated rings. The highest BCUT2D eigenvalue weighted by molar-refractivity contribution is 7.10. The Morgan fingerprint density at radius 3 is 2.92 bits per heavy atom. The maximum atomic E-state index is 9.76. The second-order valence-corrected chi connectivity index (χ2v) is 4.14. The van der Waals surface area contributed by atoms with Gasteiger partial charge in [0.1, 0.15) is 6.10 Å². The van der Waals surface area contributed by atoms with E-state index < -0.39 is 0 Å². The molecule has 0 amide bonds. The van der Waals surface area contributed by atoms with Gasteiger partial charge >= 0.3 is 0 Å². The molecule has 0 radical (unpaired) electrons. The van der Waals surface area contributed by atoms with Crippen LogP contribution in [0, 0.1) is 6.92 Å². The zero-order valence-electron chi connectivity index (χ0n) is 8.21. The van der Waals surface area contributed by atoms with Crippen molar-refractivity contribution in [2.24, 2.45) is 0 Å². The Morgan fingerprint density at radius 2 is 2.38 bits per heavy atom. The second kappa shape index (κ2) is 5.37. The van der Waals surface area contributed by atoms with Crippen molar-refractivity contribution in [1.82, 2.24) is 5.32 Å². The highest BCUT2D eigenvalue weighted by atomic mass is 32.1. The first-order valence-corrected chi connectivity index (χ1v) is 5.56. The van der Waals surface area contributed by atoms with Crippen molar-refractivity contribution in [2.75, 3.05) is 13.1 Å². The summed E-state index contributed by atoms with van der Waals surface area (Å²) >= 11 is 1.63. The zero-order chi connectivity index (χ0) is 9.68. The van der Waals surface area contributed by atoms with Crippen LogP contribution in [0.15, 0.2) is 11.4 Å². The van der Waals surface area contributed by atoms with Crippen molar-refractivity contribution >= 4 is 11.3 Å². The first kappa shape index (κ1) is 10.7. The predicted octanol–water partition coefficient (Wildman–Crippen LogP) is 2.09. The second-order valence-electron chi connectivity index (χ2n) is 3.19. The molecular weight excluding hydrogens is 182 g/mol. The summed E-state index contributed by atoms with van der Waals surface area (Å²) in [5.41, 5.74) is 1.19. The summed E-state index contributed by atoms with van der Waals surface area (Å²) in [7, 11) is 0. The first-order chi connectivity index (χ1) is 6.25. The summed E-state index contributed by atoms with van der Waals surface area (Å²) in [6, 6.07) is 2.04. The molecule has 74 valence electrons. The van der Waals surface area contributed by atoms with Gasteiger partial charge in [0.15, 0.2) is 0 Å². The average Bonchev–Trinajstić information content (AvgIpc) is 2.52. The molecule has 13 heavy (non-hydrogen) atoms. The third kappa shape index (κ3) is 3.10. The maximum Gasteiger partial charge on any atom is 0.101 e. The molecule has 0 aliphatic rings. The van der Waals surface area contributed by atoms with Gasteiger partial charge in [-0.2, -0.15) is 0 Å². The third-order valence-electron chi connectivity index (χ3n) is 1.97. The van der Waals surface area contributed by atoms with Crippen LogP contribution in [-0.4, -0.2) is 18.2 Å². The SMILES string of the molecule is CCCNCC(O)c1sccc1C. The van der Waals surface area contributed by atoms with Crippen molar-refractivity contribution in [3.05, 3.63) is 21.9 Å². The van der Waals surface area contributed by atoms with Crippen LogP contribution in [0.25, 0.3) is 0 Å². The molecule has 2 nitrogen and oxygen atoms in total. The van der Waals surface area contributed by atoms with Crippen molar-refractivity contribution in [3.8, 4) is 0 Å². The van der Waals surface area contributed by atoms with E-state index in [4.69, 9.17) is 0 Å². The van der Waals surface area contributed by atoms with E-state index in [1.54, 1.807) is 11.3 Å². The van der Waals surface area contributed by atoms with E-state index >= 15 is 0 Å². The Labute approximate surface area is 83.6 Å². The van der Waals surface area contributed by atoms with E-state index in [2.05, 4.69) is 12.2 Å². The summed E-state index contributed by atoms with van der Waals surface area (Å²) in [4.78, 5) is 1.09. The van der Waals surface area contributed by atoms with E-state index in [9.17, 15) is 5.11 Å². The molecule has 0 aliphatic heterocycles. The third-order valence-corrected chi connectivity index (χ3v) is 3.09. The molecule has 1 aromatic rings. The summed E-state index contributed by atoms with van der Waals surface area (Å²) < 4.78 is 0. The van der Waals surface area contributed by atoms with Crippen LogP contribution in [0.1, 0.15) is 29.9 Å². The molecule has 1 atom stereocenters. The van der Waals surface area contributed by atoms with Crippen LogP contribution in [0.2, 0.25) is 0 Å². The van der Waals surface area contributed by atoms with Crippen LogP contribution >= 0.6 is 11.3 Å². The van der Waals surface area contributed by atoms with E-state index in [-0.39, 0.29) is 6.10 Å². The number of nitrogens with one attached hydrogen (secondary N) is 1. The number of thiophene rings is 1. The van der Waals surface area contributed by atoms with Gasteiger partial charge < -0.3 is 10.4 Å². The fraction of sp³-hybridized carbons (Fsp3) is 0.600. The molecule has 2 N–H and O–H groups in total. The number of aryl methyl sites for hydroxylation is 1. The number of hydrogen-bond donors (Lipinski definition) is 2. The van der Waals surface area contributed by atoms with Gasteiger partial charge in [-0.15, -0.1) is 11.3 Å². The minimum absolute atomic E-state index is 0.341. The highest BCUT2D eigenvalue weighted by Gasteiger charge is 2.10. The summed E-state index contributed by atoms with van der Waals surface area (Å²) in [5.74, 6) is 0. The summed E-state index contributed by atoms with van der Waals surface area (Å²) in [6.07, 6.45) is 0.766. The number of rotatable bonds is 5. The fourth-order valence-corrected chi connectivity index (χ4v) is 2.15. The zero-order valence-corrected chi connectivity index (χ0v) is 9.03. The summed E-state index contributed by atoms with van der Waals surface area (Å²) in [6.45, 7) is 5.79. The van der Waals surface area contributed by atoms with Gasteiger partial charge in [-0.05, 0) is 36.9 Å². The van der Waals surface area contributed by atoms with Gasteiger partial charge in [0, 0.05) is 11.4 Å². The van der Waals surface area contributed by atoms with E-state index in [1.807, 2.05) is 18.4 Å². The molecule has 3 heteroatoms. The van der Waals surface area contributed by atoms with Crippen LogP contribution in [0.5, 0.6) is 0 Å². The largest absolute Gasteiger partial charge is 0.386 e. The minimum atomic E-state index is -0.341. The Balaban J connectivity index is 2.39. The topological polar surface area (TPSA) is 32.3 Å². The Hall–Kier alpha value is -0.380. The molecule has 1 unspecified atom stereocenters. The van der Waals surface area contributed by atoms with Gasteiger partial charge in [-0.3, -0.25) is 0 Å². The van der Waals surface area contributed by atoms with Gasteiger partial charge in [-0.25, -0.2) is 0 Å². The van der Waals surface area contributed by atoms with Gasteiger partial charge in [0.2, 0.25) is 0 Å². The quantitative estimate of drug-likeness (QED) is 0.712. The molecule has 0 aromatic carbocycles. The molecular formula is C10H17NOS. The normalized spacial score (nSPS) is 13.2. The Morgan fingerprint density at radius 1 is 1.62 bits per heavy atom. The van der Waals surface area contributed by atoms with Gasteiger partial charge in [0.25, 0.3) is 0 Å². The standard InChI is InChI=1S/C10H17NOS/c1-3-5-11-7-9(12)10-8(2)4-6-13-10/h4,6,9,11-12H,3,5,7H2,1-2H3. The predicted molar refractivity (Wildman–Crippen MR) is 57.2 cm³/mol. The first-order valence-electron chi connectivity index (χ1n) is 4.68. The minimum Gasteiger partial charge on any atom is -0.386 e. The molecule has 1 aromatic heterocycles. The molecule has 0 saturated heterocycles. The maximum absolute atomic E-state index is 9.76.